The van der Waals surface area contributed by atoms with Crippen LogP contribution in [0.1, 0.15) is 34.7 Å². The van der Waals surface area contributed by atoms with Crippen molar-refractivity contribution in [3.8, 4) is 5.75 Å². The van der Waals surface area contributed by atoms with E-state index in [2.05, 4.69) is 0 Å². The molecule has 1 aliphatic heterocycles. The Kier molecular flexibility index (Phi) is 7.80. The number of hydrogen-bond acceptors (Lipinski definition) is 5. The molecule has 0 saturated carbocycles. The number of nitrogens with zero attached hydrogens (tertiary/aromatic N) is 1. The van der Waals surface area contributed by atoms with Crippen molar-refractivity contribution in [2.24, 2.45) is 0 Å². The van der Waals surface area contributed by atoms with Crippen molar-refractivity contribution >= 4 is 17.4 Å². The Morgan fingerprint density at radius 3 is 2.42 bits per heavy atom. The van der Waals surface area contributed by atoms with E-state index in [0.717, 1.165) is 11.1 Å². The first-order valence-corrected chi connectivity index (χ1v) is 11.7. The zero-order valence-electron chi connectivity index (χ0n) is 20.2. The fourth-order valence-electron chi connectivity index (χ4n) is 4.31. The van der Waals surface area contributed by atoms with E-state index in [1.165, 1.54) is 29.2 Å². The zero-order chi connectivity index (χ0) is 25.7. The van der Waals surface area contributed by atoms with Crippen LogP contribution in [0.25, 0.3) is 5.76 Å². The highest BCUT2D eigenvalue weighted by Gasteiger charge is 2.45. The van der Waals surface area contributed by atoms with Crippen LogP contribution in [0, 0.1) is 12.7 Å². The Morgan fingerprint density at radius 2 is 1.75 bits per heavy atom. The molecule has 0 aliphatic carbocycles. The van der Waals surface area contributed by atoms with Crippen LogP contribution < -0.4 is 4.74 Å². The zero-order valence-corrected chi connectivity index (χ0v) is 20.2. The van der Waals surface area contributed by atoms with Crippen molar-refractivity contribution in [3.63, 3.8) is 0 Å². The Labute approximate surface area is 209 Å². The van der Waals surface area contributed by atoms with Gasteiger partial charge in [-0.2, -0.15) is 0 Å². The SMILES string of the molecule is COCCCN1C(=O)C(=O)C(=C(O)c2ccc(OCc3cccc(C)c3)cc2)[C@@H]1c1ccc(F)cc1. The van der Waals surface area contributed by atoms with Gasteiger partial charge in [-0.1, -0.05) is 42.0 Å². The highest BCUT2D eigenvalue weighted by Crippen LogP contribution is 2.39. The minimum Gasteiger partial charge on any atom is -0.507 e. The van der Waals surface area contributed by atoms with Gasteiger partial charge in [0.1, 0.15) is 23.9 Å². The summed E-state index contributed by atoms with van der Waals surface area (Å²) < 4.78 is 24.5. The predicted octanol–water partition coefficient (Wildman–Crippen LogP) is 5.17. The number of Topliss-reactive ketones (excluding diaryl/α,β-unsaturated/α-hetero) is 1. The number of methoxy groups -OCH3 is 1. The summed E-state index contributed by atoms with van der Waals surface area (Å²) in [4.78, 5) is 27.3. The molecule has 7 heteroatoms. The summed E-state index contributed by atoms with van der Waals surface area (Å²) in [5.41, 5.74) is 3.06. The molecule has 0 spiro atoms. The summed E-state index contributed by atoms with van der Waals surface area (Å²) in [5.74, 6) is -1.61. The van der Waals surface area contributed by atoms with E-state index in [1.807, 2.05) is 31.2 Å². The van der Waals surface area contributed by atoms with Crippen molar-refractivity contribution in [1.29, 1.82) is 0 Å². The number of carbonyl (C=O) groups excluding carboxylic acids is 2. The molecule has 1 atom stereocenters. The number of rotatable bonds is 9. The number of aliphatic hydroxyl groups is 1. The first-order valence-electron chi connectivity index (χ1n) is 11.7. The average Bonchev–Trinajstić information content (AvgIpc) is 3.13. The molecule has 3 aromatic carbocycles. The van der Waals surface area contributed by atoms with Crippen LogP contribution in [0.5, 0.6) is 5.75 Å². The molecule has 6 nitrogen and oxygen atoms in total. The molecule has 0 unspecified atom stereocenters. The van der Waals surface area contributed by atoms with Crippen LogP contribution >= 0.6 is 0 Å². The van der Waals surface area contributed by atoms with E-state index in [9.17, 15) is 19.1 Å². The topological polar surface area (TPSA) is 76.1 Å². The molecule has 1 saturated heterocycles. The van der Waals surface area contributed by atoms with Crippen molar-refractivity contribution < 1.29 is 28.6 Å². The number of benzene rings is 3. The summed E-state index contributed by atoms with van der Waals surface area (Å²) in [6.07, 6.45) is 0.508. The number of halogens is 1. The summed E-state index contributed by atoms with van der Waals surface area (Å²) in [5, 5.41) is 11.2. The van der Waals surface area contributed by atoms with Gasteiger partial charge in [-0.25, -0.2) is 4.39 Å². The molecule has 0 aromatic heterocycles. The number of hydrogen-bond donors (Lipinski definition) is 1. The van der Waals surface area contributed by atoms with Crippen molar-refractivity contribution in [3.05, 3.63) is 106 Å². The number of ketones is 1. The minimum atomic E-state index is -0.834. The first-order chi connectivity index (χ1) is 17.4. The molecule has 4 rings (SSSR count). The summed E-state index contributed by atoms with van der Waals surface area (Å²) in [7, 11) is 1.56. The number of aliphatic hydroxyl groups excluding tert-OH is 1. The second-order valence-electron chi connectivity index (χ2n) is 8.69. The van der Waals surface area contributed by atoms with E-state index in [4.69, 9.17) is 9.47 Å². The number of aryl methyl sites for hydroxylation is 1. The van der Waals surface area contributed by atoms with Gasteiger partial charge in [0.15, 0.2) is 0 Å². The van der Waals surface area contributed by atoms with E-state index in [1.54, 1.807) is 31.4 Å². The van der Waals surface area contributed by atoms with E-state index >= 15 is 0 Å². The van der Waals surface area contributed by atoms with Crippen LogP contribution in [0.15, 0.2) is 78.4 Å². The van der Waals surface area contributed by atoms with Crippen molar-refractivity contribution in [1.82, 2.24) is 4.90 Å². The average molecular weight is 490 g/mol. The number of likely N-dealkylation sites (tertiary alicyclic amines) is 1. The van der Waals surface area contributed by atoms with Crippen molar-refractivity contribution in [2.75, 3.05) is 20.3 Å². The molecule has 0 bridgehead atoms. The third-order valence-electron chi connectivity index (χ3n) is 6.09. The summed E-state index contributed by atoms with van der Waals surface area (Å²) >= 11 is 0. The largest absolute Gasteiger partial charge is 0.507 e. The molecule has 1 aliphatic rings. The number of amides is 1. The molecule has 3 aromatic rings. The fourth-order valence-corrected chi connectivity index (χ4v) is 4.31. The van der Waals surface area contributed by atoms with Crippen LogP contribution in [0.3, 0.4) is 0 Å². The molecule has 36 heavy (non-hydrogen) atoms. The van der Waals surface area contributed by atoms with E-state index < -0.39 is 23.5 Å². The minimum absolute atomic E-state index is 0.0301. The fraction of sp³-hybridized carbons (Fsp3) is 0.241. The van der Waals surface area contributed by atoms with Gasteiger partial charge in [0.05, 0.1) is 11.6 Å². The molecular formula is C29H28FNO5. The van der Waals surface area contributed by atoms with Gasteiger partial charge in [-0.15, -0.1) is 0 Å². The molecule has 1 N–H and O–H groups in total. The first kappa shape index (κ1) is 25.1. The molecule has 1 amide bonds. The molecule has 0 radical (unpaired) electrons. The van der Waals surface area contributed by atoms with Crippen LogP contribution in [-0.4, -0.2) is 42.0 Å². The van der Waals surface area contributed by atoms with Gasteiger partial charge < -0.3 is 19.5 Å². The summed E-state index contributed by atoms with van der Waals surface area (Å²) in [6, 6.07) is 19.4. The highest BCUT2D eigenvalue weighted by atomic mass is 19.1. The van der Waals surface area contributed by atoms with Gasteiger partial charge in [-0.3, -0.25) is 9.59 Å². The van der Waals surface area contributed by atoms with Gasteiger partial charge in [0, 0.05) is 25.8 Å². The monoisotopic (exact) mass is 489 g/mol. The van der Waals surface area contributed by atoms with Gasteiger partial charge in [-0.05, 0) is 60.9 Å². The maximum absolute atomic E-state index is 13.6. The van der Waals surface area contributed by atoms with Gasteiger partial charge >= 0.3 is 0 Å². The Morgan fingerprint density at radius 1 is 1.03 bits per heavy atom. The second-order valence-corrected chi connectivity index (χ2v) is 8.69. The van der Waals surface area contributed by atoms with Gasteiger partial charge in [0.2, 0.25) is 0 Å². The summed E-state index contributed by atoms with van der Waals surface area (Å²) in [6.45, 7) is 3.07. The molecule has 1 heterocycles. The van der Waals surface area contributed by atoms with Crippen molar-refractivity contribution in [2.45, 2.75) is 26.0 Å². The van der Waals surface area contributed by atoms with Crippen LogP contribution in [0.2, 0.25) is 0 Å². The smallest absolute Gasteiger partial charge is 0.295 e. The van der Waals surface area contributed by atoms with Crippen LogP contribution in [-0.2, 0) is 20.9 Å². The second kappa shape index (κ2) is 11.2. The quantitative estimate of drug-likeness (QED) is 0.194. The van der Waals surface area contributed by atoms with Crippen LogP contribution in [0.4, 0.5) is 4.39 Å². The predicted molar refractivity (Wildman–Crippen MR) is 134 cm³/mol. The third kappa shape index (κ3) is 5.47. The number of ether oxygens (including phenoxy) is 2. The molecule has 1 fully saturated rings. The Hall–Kier alpha value is -3.97. The Balaban J connectivity index is 1.62. The lowest BCUT2D eigenvalue weighted by molar-refractivity contribution is -0.140. The number of carbonyl (C=O) groups is 2. The third-order valence-corrected chi connectivity index (χ3v) is 6.09. The van der Waals surface area contributed by atoms with Gasteiger partial charge in [0.25, 0.3) is 11.7 Å². The lowest BCUT2D eigenvalue weighted by Crippen LogP contribution is -2.31. The maximum Gasteiger partial charge on any atom is 0.295 e. The standard InChI is InChI=1S/C29H28FNO5/c1-19-5-3-6-20(17-19)18-36-24-13-9-22(10-14-24)27(32)25-26(21-7-11-23(30)12-8-21)31(15-4-16-35-2)29(34)28(25)33/h3,5-14,17,26,32H,4,15-16,18H2,1-2H3/t26-/m0/s1. The molecular weight excluding hydrogens is 461 g/mol. The van der Waals surface area contributed by atoms with E-state index in [-0.39, 0.29) is 17.9 Å². The van der Waals surface area contributed by atoms with E-state index in [0.29, 0.717) is 36.5 Å². The highest BCUT2D eigenvalue weighted by molar-refractivity contribution is 6.46. The molecule has 186 valence electrons. The lowest BCUT2D eigenvalue weighted by Gasteiger charge is -2.25. The Bertz CT molecular complexity index is 1270. The maximum atomic E-state index is 13.6. The lowest BCUT2D eigenvalue weighted by atomic mass is 9.95. The normalized spacial score (nSPS) is 17.0.